The molecule has 0 bridgehead atoms. The van der Waals surface area contributed by atoms with E-state index in [9.17, 15) is 0 Å². The standard InChI is InChI=1S/2C7H11NO.C3H8O.C3H8.2C2H6.CH4O.CH4.I2/c2*1-4-7-8-5(2)6(3)9-7;1-3-4-2;1-3-2;3*1-2;;1-2/h2*4H2,1-3H3;3H2,1-2H3;3H2,1-2H3;2*1-2H3;2H,1H3;1H4;. The lowest BCUT2D eigenvalue weighted by Gasteiger charge is -1.80. The van der Waals surface area contributed by atoms with Crippen LogP contribution >= 0.6 is 37.2 Å². The van der Waals surface area contributed by atoms with Gasteiger partial charge in [0.15, 0.2) is 11.8 Å². The molecular formula is C26H58I2N2O4. The zero-order chi connectivity index (χ0) is 27.8. The van der Waals surface area contributed by atoms with Gasteiger partial charge in [0.25, 0.3) is 0 Å². The molecule has 2 heterocycles. The lowest BCUT2D eigenvalue weighted by atomic mass is 10.4. The summed E-state index contributed by atoms with van der Waals surface area (Å²) in [5, 5.41) is 7.00. The Morgan fingerprint density at radius 2 is 0.912 bits per heavy atom. The maximum Gasteiger partial charge on any atom is 0.194 e. The molecule has 0 radical (unpaired) electrons. The van der Waals surface area contributed by atoms with E-state index in [1.54, 1.807) is 7.11 Å². The summed E-state index contributed by atoms with van der Waals surface area (Å²) in [7, 11) is 2.68. The number of ether oxygens (including phenoxy) is 1. The number of nitrogens with zero attached hydrogens (tertiary/aromatic N) is 2. The second-order valence-electron chi connectivity index (χ2n) is 5.49. The molecule has 0 fully saturated rings. The number of aromatic nitrogens is 2. The summed E-state index contributed by atoms with van der Waals surface area (Å²) in [5.74, 6) is 3.55. The van der Waals surface area contributed by atoms with Gasteiger partial charge in [-0.05, 0) is 34.6 Å². The molecule has 0 unspecified atom stereocenters. The van der Waals surface area contributed by atoms with Crippen molar-refractivity contribution in [1.82, 2.24) is 9.97 Å². The Balaban J connectivity index is -0.0000000545. The van der Waals surface area contributed by atoms with Crippen LogP contribution in [0.5, 0.6) is 0 Å². The maximum absolute atomic E-state index is 7.00. The van der Waals surface area contributed by atoms with Crippen LogP contribution in [0.15, 0.2) is 8.83 Å². The number of methoxy groups -OCH3 is 1. The minimum atomic E-state index is 0. The molecule has 8 heteroatoms. The fraction of sp³-hybridized carbons (Fsp3) is 0.769. The topological polar surface area (TPSA) is 81.5 Å². The van der Waals surface area contributed by atoms with Gasteiger partial charge in [-0.15, -0.1) is 0 Å². The first-order chi connectivity index (χ1) is 15.8. The van der Waals surface area contributed by atoms with Crippen molar-refractivity contribution in [3.05, 3.63) is 34.7 Å². The van der Waals surface area contributed by atoms with E-state index in [0.29, 0.717) is 0 Å². The van der Waals surface area contributed by atoms with Gasteiger partial charge in [0.05, 0.1) is 11.4 Å². The summed E-state index contributed by atoms with van der Waals surface area (Å²) in [6.07, 6.45) is 3.02. The second kappa shape index (κ2) is 46.2. The van der Waals surface area contributed by atoms with E-state index < -0.39 is 0 Å². The third-order valence-corrected chi connectivity index (χ3v) is 3.04. The highest BCUT2D eigenvalue weighted by Gasteiger charge is 2.01. The second-order valence-corrected chi connectivity index (χ2v) is 5.49. The van der Waals surface area contributed by atoms with E-state index in [0.717, 1.165) is 61.2 Å². The largest absolute Gasteiger partial charge is 0.446 e. The van der Waals surface area contributed by atoms with Crippen LogP contribution in [0.3, 0.4) is 0 Å². The molecule has 2 aromatic heterocycles. The molecule has 210 valence electrons. The molecule has 0 amide bonds. The molecule has 6 nitrogen and oxygen atoms in total. The lowest BCUT2D eigenvalue weighted by Crippen LogP contribution is -1.77. The lowest BCUT2D eigenvalue weighted by molar-refractivity contribution is 0.215. The molecule has 2 aromatic rings. The van der Waals surface area contributed by atoms with E-state index in [4.69, 9.17) is 13.9 Å². The number of aryl methyl sites for hydroxylation is 6. The minimum Gasteiger partial charge on any atom is -0.446 e. The highest BCUT2D eigenvalue weighted by atomic mass is 128. The summed E-state index contributed by atoms with van der Waals surface area (Å²) < 4.78 is 15.0. The number of rotatable bonds is 3. The molecule has 2 rings (SSSR count). The summed E-state index contributed by atoms with van der Waals surface area (Å²) in [6.45, 7) is 26.9. The van der Waals surface area contributed by atoms with Crippen molar-refractivity contribution in [2.75, 3.05) is 20.8 Å². The zero-order valence-corrected chi connectivity index (χ0v) is 28.5. The van der Waals surface area contributed by atoms with E-state index >= 15 is 0 Å². The Morgan fingerprint density at radius 3 is 0.971 bits per heavy atom. The smallest absolute Gasteiger partial charge is 0.194 e. The summed E-state index contributed by atoms with van der Waals surface area (Å²) in [6, 6.07) is 0. The molecule has 0 atom stereocenters. The molecule has 0 aromatic carbocycles. The number of hydrogen-bond donors (Lipinski definition) is 1. The number of halogens is 2. The van der Waals surface area contributed by atoms with Crippen LogP contribution in [0.1, 0.15) is 111 Å². The SMILES string of the molecule is C.CC.CC.CCC.CCOC.CCc1nc(C)c(C)o1.CCc1nc(C)c(C)o1.CO.II. The van der Waals surface area contributed by atoms with Gasteiger partial charge in [-0.3, -0.25) is 0 Å². The molecular weight excluding hydrogens is 658 g/mol. The summed E-state index contributed by atoms with van der Waals surface area (Å²) in [5.41, 5.74) is 2.01. The number of aliphatic hydroxyl groups is 1. The van der Waals surface area contributed by atoms with Crippen molar-refractivity contribution in [3.63, 3.8) is 0 Å². The Bertz CT molecular complexity index is 474. The van der Waals surface area contributed by atoms with Crippen LogP contribution in [0.4, 0.5) is 0 Å². The molecule has 0 aliphatic heterocycles. The quantitative estimate of drug-likeness (QED) is 0.319. The normalized spacial score (nSPS) is 7.47. The third kappa shape index (κ3) is 36.4. The van der Waals surface area contributed by atoms with E-state index in [2.05, 4.69) is 65.8 Å². The Kier molecular flexibility index (Phi) is 68.8. The van der Waals surface area contributed by atoms with Gasteiger partial charge in [-0.2, -0.15) is 0 Å². The Morgan fingerprint density at radius 1 is 0.706 bits per heavy atom. The summed E-state index contributed by atoms with van der Waals surface area (Å²) >= 11 is 4.24. The maximum atomic E-state index is 7.00. The monoisotopic (exact) mass is 716 g/mol. The predicted molar refractivity (Wildman–Crippen MR) is 170 cm³/mol. The molecule has 0 spiro atoms. The number of oxazole rings is 2. The van der Waals surface area contributed by atoms with E-state index in [1.165, 1.54) is 6.42 Å². The molecule has 34 heavy (non-hydrogen) atoms. The van der Waals surface area contributed by atoms with Gasteiger partial charge < -0.3 is 18.7 Å². The van der Waals surface area contributed by atoms with Gasteiger partial charge in [-0.1, -0.05) is 69.2 Å². The first-order valence-electron chi connectivity index (χ1n) is 11.7. The van der Waals surface area contributed by atoms with Crippen LogP contribution < -0.4 is 0 Å². The van der Waals surface area contributed by atoms with Crippen molar-refractivity contribution in [1.29, 1.82) is 0 Å². The highest BCUT2D eigenvalue weighted by Crippen LogP contribution is 2.08. The van der Waals surface area contributed by atoms with E-state index in [1.807, 2.05) is 76.2 Å². The molecule has 0 aliphatic rings. The molecule has 0 saturated carbocycles. The first-order valence-corrected chi connectivity index (χ1v) is 18.0. The third-order valence-electron chi connectivity index (χ3n) is 3.04. The molecule has 0 saturated heterocycles. The Hall–Kier alpha value is -0.200. The van der Waals surface area contributed by atoms with Crippen LogP contribution in [0, 0.1) is 27.7 Å². The van der Waals surface area contributed by atoms with Crippen molar-refractivity contribution in [2.45, 2.75) is 117 Å². The van der Waals surface area contributed by atoms with Gasteiger partial charge >= 0.3 is 0 Å². The van der Waals surface area contributed by atoms with Crippen molar-refractivity contribution >= 4 is 37.2 Å². The van der Waals surface area contributed by atoms with Crippen LogP contribution in [-0.4, -0.2) is 35.9 Å². The van der Waals surface area contributed by atoms with Crippen LogP contribution in [0.2, 0.25) is 0 Å². The average Bonchev–Trinajstić information content (AvgIpc) is 3.39. The van der Waals surface area contributed by atoms with Crippen molar-refractivity contribution < 1.29 is 18.7 Å². The van der Waals surface area contributed by atoms with Crippen LogP contribution in [0.25, 0.3) is 0 Å². The molecule has 1 N–H and O–H groups in total. The fourth-order valence-electron chi connectivity index (χ4n) is 1.38. The Labute approximate surface area is 236 Å². The fourth-order valence-corrected chi connectivity index (χ4v) is 1.38. The van der Waals surface area contributed by atoms with Gasteiger partial charge in [-0.25, -0.2) is 9.97 Å². The minimum absolute atomic E-state index is 0. The zero-order valence-electron chi connectivity index (χ0n) is 24.2. The number of aliphatic hydroxyl groups excluding tert-OH is 1. The number of hydrogen-bond acceptors (Lipinski definition) is 6. The van der Waals surface area contributed by atoms with Gasteiger partial charge in [0.2, 0.25) is 0 Å². The summed E-state index contributed by atoms with van der Waals surface area (Å²) in [4.78, 5) is 8.32. The van der Waals surface area contributed by atoms with Gasteiger partial charge in [0, 0.05) is 70.9 Å². The van der Waals surface area contributed by atoms with E-state index in [-0.39, 0.29) is 7.43 Å². The highest BCUT2D eigenvalue weighted by molar-refractivity contribution is 15.0. The molecule has 0 aliphatic carbocycles. The van der Waals surface area contributed by atoms with Crippen LogP contribution in [-0.2, 0) is 17.6 Å². The first kappa shape index (κ1) is 50.6. The van der Waals surface area contributed by atoms with Gasteiger partial charge in [0.1, 0.15) is 11.5 Å². The van der Waals surface area contributed by atoms with Crippen molar-refractivity contribution in [2.24, 2.45) is 0 Å². The predicted octanol–water partition coefficient (Wildman–Crippen LogP) is 9.85. The van der Waals surface area contributed by atoms with Crippen molar-refractivity contribution in [3.8, 4) is 0 Å². The average molecular weight is 717 g/mol.